The molecule has 0 unspecified atom stereocenters. The second-order valence-electron chi connectivity index (χ2n) is 6.12. The zero-order valence-corrected chi connectivity index (χ0v) is 15.8. The first-order valence-electron chi connectivity index (χ1n) is 8.89. The van der Waals surface area contributed by atoms with Gasteiger partial charge in [-0.25, -0.2) is 9.97 Å². The second-order valence-corrected chi connectivity index (χ2v) is 6.12. The van der Waals surface area contributed by atoms with Gasteiger partial charge < -0.3 is 10.2 Å². The molecule has 2 aromatic heterocycles. The molecule has 1 amide bonds. The lowest BCUT2D eigenvalue weighted by molar-refractivity contribution is 0.0770. The number of amides is 1. The Morgan fingerprint density at radius 3 is 2.44 bits per heavy atom. The molecular formula is C19H23N7O. The van der Waals surface area contributed by atoms with Gasteiger partial charge in [-0.3, -0.25) is 4.79 Å². The minimum atomic E-state index is -0.0615. The molecule has 8 nitrogen and oxygen atoms in total. The molecule has 8 heteroatoms. The molecular weight excluding hydrogens is 342 g/mol. The van der Waals surface area contributed by atoms with E-state index < -0.39 is 0 Å². The first kappa shape index (κ1) is 18.5. The average Bonchev–Trinajstić information content (AvgIpc) is 3.18. The second kappa shape index (κ2) is 8.39. The smallest absolute Gasteiger partial charge is 0.256 e. The largest absolute Gasteiger partial charge is 0.352 e. The fraction of sp³-hybridized carbons (Fsp3) is 0.316. The third-order valence-corrected chi connectivity index (χ3v) is 4.08. The molecule has 0 aliphatic carbocycles. The Hall–Kier alpha value is -3.29. The Kier molecular flexibility index (Phi) is 5.75. The number of nitrogens with zero attached hydrogens (tertiary/aromatic N) is 6. The van der Waals surface area contributed by atoms with Crippen LogP contribution >= 0.6 is 0 Å². The van der Waals surface area contributed by atoms with Gasteiger partial charge in [-0.2, -0.15) is 15.0 Å². The molecule has 1 N–H and O–H groups in total. The molecule has 140 valence electrons. The van der Waals surface area contributed by atoms with E-state index in [1.54, 1.807) is 23.4 Å². The molecule has 0 saturated heterocycles. The van der Waals surface area contributed by atoms with E-state index in [0.29, 0.717) is 36.8 Å². The summed E-state index contributed by atoms with van der Waals surface area (Å²) >= 11 is 0. The Morgan fingerprint density at radius 1 is 1.11 bits per heavy atom. The van der Waals surface area contributed by atoms with E-state index in [0.717, 1.165) is 11.4 Å². The van der Waals surface area contributed by atoms with Crippen LogP contribution in [0, 0.1) is 13.8 Å². The van der Waals surface area contributed by atoms with E-state index >= 15 is 0 Å². The van der Waals surface area contributed by atoms with E-state index in [2.05, 4.69) is 25.5 Å². The van der Waals surface area contributed by atoms with Crippen molar-refractivity contribution in [3.05, 3.63) is 59.7 Å². The van der Waals surface area contributed by atoms with Crippen molar-refractivity contribution in [1.29, 1.82) is 0 Å². The zero-order valence-electron chi connectivity index (χ0n) is 15.8. The Labute approximate surface area is 158 Å². The Morgan fingerprint density at radius 2 is 1.78 bits per heavy atom. The topological polar surface area (TPSA) is 88.8 Å². The summed E-state index contributed by atoms with van der Waals surface area (Å²) in [6.07, 6.45) is 3.18. The van der Waals surface area contributed by atoms with Gasteiger partial charge >= 0.3 is 0 Å². The van der Waals surface area contributed by atoms with Crippen LogP contribution in [-0.4, -0.2) is 55.4 Å². The van der Waals surface area contributed by atoms with Crippen molar-refractivity contribution >= 4 is 11.9 Å². The van der Waals surface area contributed by atoms with Crippen LogP contribution in [0.5, 0.6) is 0 Å². The van der Waals surface area contributed by atoms with Gasteiger partial charge in [0, 0.05) is 31.0 Å². The number of para-hydroxylation sites is 1. The average molecular weight is 365 g/mol. The highest BCUT2D eigenvalue weighted by atomic mass is 16.2. The first-order valence-corrected chi connectivity index (χ1v) is 8.89. The van der Waals surface area contributed by atoms with Crippen molar-refractivity contribution in [1.82, 2.24) is 29.9 Å². The number of aromatic nitrogens is 5. The van der Waals surface area contributed by atoms with Gasteiger partial charge in [0.2, 0.25) is 5.95 Å². The third-order valence-electron chi connectivity index (χ3n) is 4.08. The van der Waals surface area contributed by atoms with Gasteiger partial charge in [-0.15, -0.1) is 0 Å². The summed E-state index contributed by atoms with van der Waals surface area (Å²) in [5.41, 5.74) is 3.05. The van der Waals surface area contributed by atoms with E-state index in [9.17, 15) is 4.79 Å². The number of rotatable bonds is 7. The number of benzene rings is 1. The van der Waals surface area contributed by atoms with Gasteiger partial charge in [0.1, 0.15) is 0 Å². The monoisotopic (exact) mass is 365 g/mol. The lowest BCUT2D eigenvalue weighted by Crippen LogP contribution is -2.35. The van der Waals surface area contributed by atoms with Crippen molar-refractivity contribution < 1.29 is 4.79 Å². The van der Waals surface area contributed by atoms with Crippen LogP contribution < -0.4 is 5.32 Å². The highest BCUT2D eigenvalue weighted by Crippen LogP contribution is 2.15. The van der Waals surface area contributed by atoms with Gasteiger partial charge in [0.15, 0.2) is 0 Å². The molecule has 0 bridgehead atoms. The maximum Gasteiger partial charge on any atom is 0.256 e. The van der Waals surface area contributed by atoms with Crippen LogP contribution in [0.3, 0.4) is 0 Å². The summed E-state index contributed by atoms with van der Waals surface area (Å²) in [4.78, 5) is 25.0. The van der Waals surface area contributed by atoms with Crippen LogP contribution in [-0.2, 0) is 0 Å². The highest BCUT2D eigenvalue weighted by Gasteiger charge is 2.18. The maximum absolute atomic E-state index is 13.0. The number of carbonyl (C=O) groups excluding carboxylic acids is 1. The van der Waals surface area contributed by atoms with Crippen molar-refractivity contribution in [2.75, 3.05) is 25.0 Å². The van der Waals surface area contributed by atoms with Crippen molar-refractivity contribution in [3.63, 3.8) is 0 Å². The standard InChI is InChI=1S/C19H23N7O/c1-4-25(12-11-20-19-23-14(2)13-15(3)24-19)18(27)16-7-5-6-8-17(16)26-21-9-10-22-26/h5-10,13H,4,11-12H2,1-3H3,(H,20,23,24). The van der Waals surface area contributed by atoms with Crippen molar-refractivity contribution in [3.8, 4) is 5.69 Å². The molecule has 0 aliphatic rings. The normalized spacial score (nSPS) is 10.6. The molecule has 0 spiro atoms. The Bertz CT molecular complexity index is 888. The van der Waals surface area contributed by atoms with E-state index in [4.69, 9.17) is 0 Å². The SMILES string of the molecule is CCN(CCNc1nc(C)cc(C)n1)C(=O)c1ccccc1-n1nccn1. The van der Waals surface area contributed by atoms with Gasteiger partial charge in [-0.1, -0.05) is 12.1 Å². The number of nitrogens with one attached hydrogen (secondary N) is 1. The van der Waals surface area contributed by atoms with Crippen LogP contribution in [0.2, 0.25) is 0 Å². The quantitative estimate of drug-likeness (QED) is 0.691. The van der Waals surface area contributed by atoms with Gasteiger partial charge in [0.05, 0.1) is 23.6 Å². The minimum absolute atomic E-state index is 0.0615. The van der Waals surface area contributed by atoms with Crippen LogP contribution in [0.25, 0.3) is 5.69 Å². The number of aryl methyl sites for hydroxylation is 2. The summed E-state index contributed by atoms with van der Waals surface area (Å²) in [6.45, 7) is 7.51. The molecule has 0 aliphatic heterocycles. The molecule has 0 fully saturated rings. The predicted molar refractivity (Wildman–Crippen MR) is 103 cm³/mol. The van der Waals surface area contributed by atoms with Crippen LogP contribution in [0.4, 0.5) is 5.95 Å². The van der Waals surface area contributed by atoms with Crippen molar-refractivity contribution in [2.24, 2.45) is 0 Å². The number of anilines is 1. The van der Waals surface area contributed by atoms with Crippen molar-refractivity contribution in [2.45, 2.75) is 20.8 Å². The van der Waals surface area contributed by atoms with Gasteiger partial charge in [-0.05, 0) is 39.0 Å². The predicted octanol–water partition coefficient (Wildman–Crippen LogP) is 2.25. The van der Waals surface area contributed by atoms with E-state index in [1.165, 1.54) is 4.80 Å². The summed E-state index contributed by atoms with van der Waals surface area (Å²) in [7, 11) is 0. The van der Waals surface area contributed by atoms with Crippen LogP contribution in [0.1, 0.15) is 28.7 Å². The lowest BCUT2D eigenvalue weighted by atomic mass is 10.1. The minimum Gasteiger partial charge on any atom is -0.352 e. The summed E-state index contributed by atoms with van der Waals surface area (Å²) < 4.78 is 0. The molecule has 2 heterocycles. The molecule has 3 rings (SSSR count). The zero-order chi connectivity index (χ0) is 19.2. The molecule has 3 aromatic rings. The molecule has 0 atom stereocenters. The fourth-order valence-corrected chi connectivity index (χ4v) is 2.85. The molecule has 0 saturated carbocycles. The van der Waals surface area contributed by atoms with Gasteiger partial charge in [0.25, 0.3) is 5.91 Å². The summed E-state index contributed by atoms with van der Waals surface area (Å²) in [5, 5.41) is 11.5. The third kappa shape index (κ3) is 4.46. The van der Waals surface area contributed by atoms with E-state index in [1.807, 2.05) is 45.0 Å². The Balaban J connectivity index is 1.70. The summed E-state index contributed by atoms with van der Waals surface area (Å²) in [5.74, 6) is 0.519. The first-order chi connectivity index (χ1) is 13.1. The van der Waals surface area contributed by atoms with E-state index in [-0.39, 0.29) is 5.91 Å². The highest BCUT2D eigenvalue weighted by molar-refractivity contribution is 5.97. The molecule has 1 aromatic carbocycles. The number of carbonyl (C=O) groups is 1. The number of hydrogen-bond acceptors (Lipinski definition) is 6. The number of hydrogen-bond donors (Lipinski definition) is 1. The fourth-order valence-electron chi connectivity index (χ4n) is 2.85. The summed E-state index contributed by atoms with van der Waals surface area (Å²) in [6, 6.07) is 9.26. The molecule has 27 heavy (non-hydrogen) atoms. The lowest BCUT2D eigenvalue weighted by Gasteiger charge is -2.22. The molecule has 0 radical (unpaired) electrons. The maximum atomic E-state index is 13.0. The van der Waals surface area contributed by atoms with Crippen LogP contribution in [0.15, 0.2) is 42.7 Å². The number of likely N-dealkylation sites (N-methyl/N-ethyl adjacent to an activating group) is 1.